The summed E-state index contributed by atoms with van der Waals surface area (Å²) in [5.74, 6) is 0. The molecule has 0 aliphatic rings. The molecular formula is C9H9ClO. The Morgan fingerprint density at radius 3 is 2.91 bits per heavy atom. The fourth-order valence-corrected chi connectivity index (χ4v) is 0.998. The molecule has 11 heavy (non-hydrogen) atoms. The zero-order chi connectivity index (χ0) is 8.10. The van der Waals surface area contributed by atoms with E-state index in [-0.39, 0.29) is 6.61 Å². The van der Waals surface area contributed by atoms with Gasteiger partial charge in [0, 0.05) is 5.02 Å². The molecular weight excluding hydrogens is 160 g/mol. The Labute approximate surface area is 70.9 Å². The van der Waals surface area contributed by atoms with Crippen molar-refractivity contribution < 1.29 is 5.11 Å². The van der Waals surface area contributed by atoms with Crippen LogP contribution >= 0.6 is 11.6 Å². The second kappa shape index (κ2) is 4.16. The summed E-state index contributed by atoms with van der Waals surface area (Å²) in [7, 11) is 0. The van der Waals surface area contributed by atoms with Crippen LogP contribution in [0.15, 0.2) is 30.3 Å². The van der Waals surface area contributed by atoms with Crippen molar-refractivity contribution in [1.82, 2.24) is 0 Å². The van der Waals surface area contributed by atoms with E-state index in [9.17, 15) is 0 Å². The van der Waals surface area contributed by atoms with Gasteiger partial charge in [-0.05, 0) is 17.7 Å². The lowest BCUT2D eigenvalue weighted by atomic mass is 10.2. The van der Waals surface area contributed by atoms with Crippen LogP contribution in [0, 0.1) is 0 Å². The van der Waals surface area contributed by atoms with Crippen LogP contribution in [0.5, 0.6) is 0 Å². The number of hydrogen-bond acceptors (Lipinski definition) is 1. The molecule has 1 aromatic carbocycles. The van der Waals surface area contributed by atoms with E-state index >= 15 is 0 Å². The van der Waals surface area contributed by atoms with Gasteiger partial charge in [-0.1, -0.05) is 35.9 Å². The van der Waals surface area contributed by atoms with E-state index in [1.165, 1.54) is 0 Å². The van der Waals surface area contributed by atoms with Crippen LogP contribution < -0.4 is 0 Å². The second-order valence-electron chi connectivity index (χ2n) is 2.14. The highest BCUT2D eigenvalue weighted by atomic mass is 35.5. The predicted octanol–water partition coefficient (Wildman–Crippen LogP) is 2.35. The number of rotatable bonds is 2. The molecule has 0 aromatic heterocycles. The van der Waals surface area contributed by atoms with Crippen molar-refractivity contribution in [3.05, 3.63) is 40.9 Å². The lowest BCUT2D eigenvalue weighted by Crippen LogP contribution is -1.73. The molecule has 58 valence electrons. The van der Waals surface area contributed by atoms with Gasteiger partial charge in [-0.25, -0.2) is 0 Å². The Kier molecular flexibility index (Phi) is 3.14. The summed E-state index contributed by atoms with van der Waals surface area (Å²) >= 11 is 5.73. The maximum Gasteiger partial charge on any atom is 0.0615 e. The Morgan fingerprint density at radius 1 is 1.45 bits per heavy atom. The van der Waals surface area contributed by atoms with Crippen LogP contribution in [0.1, 0.15) is 5.56 Å². The Bertz CT molecular complexity index is 255. The average molecular weight is 169 g/mol. The van der Waals surface area contributed by atoms with Gasteiger partial charge in [0.1, 0.15) is 0 Å². The van der Waals surface area contributed by atoms with Crippen molar-refractivity contribution in [2.75, 3.05) is 6.61 Å². The number of aliphatic hydroxyl groups is 1. The fourth-order valence-electron chi connectivity index (χ4n) is 0.799. The monoisotopic (exact) mass is 168 g/mol. The molecule has 0 saturated carbocycles. The van der Waals surface area contributed by atoms with Crippen molar-refractivity contribution >= 4 is 17.7 Å². The third-order valence-corrected chi connectivity index (χ3v) is 1.50. The van der Waals surface area contributed by atoms with Gasteiger partial charge in [-0.3, -0.25) is 0 Å². The Hall–Kier alpha value is -0.790. The zero-order valence-electron chi connectivity index (χ0n) is 6.00. The normalized spacial score (nSPS) is 10.7. The van der Waals surface area contributed by atoms with Crippen LogP contribution in [0.2, 0.25) is 5.02 Å². The molecule has 1 N–H and O–H groups in total. The van der Waals surface area contributed by atoms with Crippen LogP contribution in [0.4, 0.5) is 0 Å². The summed E-state index contributed by atoms with van der Waals surface area (Å²) in [6.45, 7) is 0.0620. The molecule has 0 saturated heterocycles. The Balaban J connectivity index is 2.79. The van der Waals surface area contributed by atoms with Crippen LogP contribution in [0.25, 0.3) is 6.08 Å². The molecule has 1 aromatic rings. The molecule has 0 spiro atoms. The summed E-state index contributed by atoms with van der Waals surface area (Å²) in [5, 5.41) is 9.19. The largest absolute Gasteiger partial charge is 0.392 e. The van der Waals surface area contributed by atoms with Gasteiger partial charge in [-0.2, -0.15) is 0 Å². The van der Waals surface area contributed by atoms with Crippen molar-refractivity contribution in [2.45, 2.75) is 0 Å². The molecule has 0 amide bonds. The number of benzene rings is 1. The number of halogens is 1. The molecule has 0 radical (unpaired) electrons. The molecule has 0 aliphatic heterocycles. The quantitative estimate of drug-likeness (QED) is 0.719. The highest BCUT2D eigenvalue weighted by molar-refractivity contribution is 6.30. The van der Waals surface area contributed by atoms with Gasteiger partial charge in [0.05, 0.1) is 6.61 Å². The maximum absolute atomic E-state index is 8.48. The first-order valence-corrected chi connectivity index (χ1v) is 3.73. The van der Waals surface area contributed by atoms with Gasteiger partial charge in [0.25, 0.3) is 0 Å². The summed E-state index contributed by atoms with van der Waals surface area (Å²) in [6, 6.07) is 7.46. The highest BCUT2D eigenvalue weighted by Gasteiger charge is 1.86. The van der Waals surface area contributed by atoms with Crippen molar-refractivity contribution in [3.8, 4) is 0 Å². The molecule has 2 heteroatoms. The summed E-state index contributed by atoms with van der Waals surface area (Å²) in [6.07, 6.45) is 3.50. The minimum Gasteiger partial charge on any atom is -0.392 e. The number of aliphatic hydroxyl groups excluding tert-OH is 1. The smallest absolute Gasteiger partial charge is 0.0615 e. The molecule has 0 heterocycles. The first-order chi connectivity index (χ1) is 5.33. The van der Waals surface area contributed by atoms with E-state index in [2.05, 4.69) is 0 Å². The van der Waals surface area contributed by atoms with Crippen molar-refractivity contribution in [1.29, 1.82) is 0 Å². The molecule has 1 nitrogen and oxygen atoms in total. The van der Waals surface area contributed by atoms with Crippen LogP contribution in [-0.2, 0) is 0 Å². The fraction of sp³-hybridized carbons (Fsp3) is 0.111. The lowest BCUT2D eigenvalue weighted by molar-refractivity contribution is 0.343. The lowest BCUT2D eigenvalue weighted by Gasteiger charge is -1.92. The van der Waals surface area contributed by atoms with Gasteiger partial charge >= 0.3 is 0 Å². The van der Waals surface area contributed by atoms with Crippen LogP contribution in [-0.4, -0.2) is 11.7 Å². The second-order valence-corrected chi connectivity index (χ2v) is 2.58. The van der Waals surface area contributed by atoms with E-state index in [0.717, 1.165) is 5.56 Å². The summed E-state index contributed by atoms with van der Waals surface area (Å²) in [4.78, 5) is 0. The predicted molar refractivity (Wildman–Crippen MR) is 47.6 cm³/mol. The average Bonchev–Trinajstić information content (AvgIpc) is 2.01. The Morgan fingerprint density at radius 2 is 2.27 bits per heavy atom. The van der Waals surface area contributed by atoms with Crippen molar-refractivity contribution in [2.24, 2.45) is 0 Å². The van der Waals surface area contributed by atoms with E-state index < -0.39 is 0 Å². The van der Waals surface area contributed by atoms with E-state index in [0.29, 0.717) is 5.02 Å². The summed E-state index contributed by atoms with van der Waals surface area (Å²) in [5.41, 5.74) is 1.01. The topological polar surface area (TPSA) is 20.2 Å². The molecule has 0 aliphatic carbocycles. The minimum absolute atomic E-state index is 0.0620. The van der Waals surface area contributed by atoms with Crippen LogP contribution in [0.3, 0.4) is 0 Å². The highest BCUT2D eigenvalue weighted by Crippen LogP contribution is 2.11. The molecule has 0 fully saturated rings. The third-order valence-electron chi connectivity index (χ3n) is 1.26. The van der Waals surface area contributed by atoms with E-state index in [1.54, 1.807) is 6.08 Å². The van der Waals surface area contributed by atoms with E-state index in [1.807, 2.05) is 30.3 Å². The standard InChI is InChI=1S/C9H9ClO/c10-9-5-1-3-8(7-9)4-2-6-11/h1-5,7,11H,6H2. The molecule has 1 rings (SSSR count). The third kappa shape index (κ3) is 2.74. The van der Waals surface area contributed by atoms with Crippen molar-refractivity contribution in [3.63, 3.8) is 0 Å². The molecule has 0 unspecified atom stereocenters. The van der Waals surface area contributed by atoms with Gasteiger partial charge in [-0.15, -0.1) is 0 Å². The van der Waals surface area contributed by atoms with Gasteiger partial charge in [0.2, 0.25) is 0 Å². The van der Waals surface area contributed by atoms with Gasteiger partial charge < -0.3 is 5.11 Å². The first-order valence-electron chi connectivity index (χ1n) is 3.36. The van der Waals surface area contributed by atoms with E-state index in [4.69, 9.17) is 16.7 Å². The zero-order valence-corrected chi connectivity index (χ0v) is 6.75. The molecule has 0 bridgehead atoms. The summed E-state index contributed by atoms with van der Waals surface area (Å²) < 4.78 is 0. The minimum atomic E-state index is 0.0620. The molecule has 0 atom stereocenters. The number of hydrogen-bond donors (Lipinski definition) is 1. The first kappa shape index (κ1) is 8.31. The SMILES string of the molecule is OCC=Cc1cccc(Cl)c1. The van der Waals surface area contributed by atoms with Gasteiger partial charge in [0.15, 0.2) is 0 Å². The maximum atomic E-state index is 8.48.